The second-order valence-corrected chi connectivity index (χ2v) is 6.79. The molecule has 0 bridgehead atoms. The number of morpholine rings is 1. The van der Waals surface area contributed by atoms with Gasteiger partial charge in [0.25, 0.3) is 5.91 Å². The average Bonchev–Trinajstić information content (AvgIpc) is 3.14. The Morgan fingerprint density at radius 2 is 1.90 bits per heavy atom. The number of nitrogens with one attached hydrogen (secondary N) is 1. The monoisotopic (exact) mass is 415 g/mol. The molecule has 1 unspecified atom stereocenters. The van der Waals surface area contributed by atoms with E-state index < -0.39 is 29.3 Å². The number of carbonyl (C=O) groups excluding carboxylic acids is 1. The summed E-state index contributed by atoms with van der Waals surface area (Å²) in [4.78, 5) is 14.6. The van der Waals surface area contributed by atoms with Crippen LogP contribution in [0.3, 0.4) is 0 Å². The third-order valence-electron chi connectivity index (χ3n) is 4.58. The van der Waals surface area contributed by atoms with Crippen molar-refractivity contribution in [1.29, 1.82) is 0 Å². The molecule has 0 radical (unpaired) electrons. The number of aromatic nitrogens is 3. The van der Waals surface area contributed by atoms with Gasteiger partial charge in [-0.2, -0.15) is 13.2 Å². The molecule has 158 valence electrons. The van der Waals surface area contributed by atoms with Crippen LogP contribution in [0.5, 0.6) is 0 Å². The summed E-state index contributed by atoms with van der Waals surface area (Å²) in [7, 11) is 0. The standard InChI is InChI=1S/C18H21F4N5O2/c1-12(6-7-26-8-10-29-11-9-26)23-17(28)15-16(18(20,21)22)27(25-24-15)14-4-2-13(19)3-5-14/h2-5,12H,6-11H2,1H3,(H,23,28). The van der Waals surface area contributed by atoms with Gasteiger partial charge in [0.15, 0.2) is 11.4 Å². The van der Waals surface area contributed by atoms with Crippen LogP contribution in [0.15, 0.2) is 24.3 Å². The number of alkyl halides is 3. The summed E-state index contributed by atoms with van der Waals surface area (Å²) in [5.41, 5.74) is -2.17. The Bertz CT molecular complexity index is 832. The van der Waals surface area contributed by atoms with Crippen molar-refractivity contribution in [3.8, 4) is 5.69 Å². The summed E-state index contributed by atoms with van der Waals surface area (Å²) in [6.45, 7) is 5.26. The number of carbonyl (C=O) groups is 1. The minimum atomic E-state index is -4.87. The molecule has 1 saturated heterocycles. The second kappa shape index (κ2) is 8.87. The molecule has 1 aliphatic heterocycles. The Morgan fingerprint density at radius 1 is 1.24 bits per heavy atom. The normalized spacial score (nSPS) is 16.6. The summed E-state index contributed by atoms with van der Waals surface area (Å²) >= 11 is 0. The Morgan fingerprint density at radius 3 is 2.52 bits per heavy atom. The topological polar surface area (TPSA) is 72.3 Å². The van der Waals surface area contributed by atoms with Crippen molar-refractivity contribution in [1.82, 2.24) is 25.2 Å². The number of hydrogen-bond donors (Lipinski definition) is 1. The minimum Gasteiger partial charge on any atom is -0.379 e. The molecule has 1 aliphatic rings. The number of halogens is 4. The van der Waals surface area contributed by atoms with Crippen molar-refractivity contribution in [2.75, 3.05) is 32.8 Å². The number of ether oxygens (including phenoxy) is 1. The van der Waals surface area contributed by atoms with Crippen LogP contribution in [0.2, 0.25) is 0 Å². The Hall–Kier alpha value is -2.53. The van der Waals surface area contributed by atoms with Crippen LogP contribution in [0.4, 0.5) is 17.6 Å². The maximum Gasteiger partial charge on any atom is 0.435 e. The van der Waals surface area contributed by atoms with Gasteiger partial charge in [0, 0.05) is 25.7 Å². The molecular weight excluding hydrogens is 394 g/mol. The van der Waals surface area contributed by atoms with Crippen LogP contribution < -0.4 is 5.32 Å². The lowest BCUT2D eigenvalue weighted by Crippen LogP contribution is -2.40. The highest BCUT2D eigenvalue weighted by atomic mass is 19.4. The van der Waals surface area contributed by atoms with Crippen molar-refractivity contribution in [3.05, 3.63) is 41.5 Å². The van der Waals surface area contributed by atoms with Gasteiger partial charge in [0.05, 0.1) is 18.9 Å². The lowest BCUT2D eigenvalue weighted by Gasteiger charge is -2.27. The molecule has 1 N–H and O–H groups in total. The van der Waals surface area contributed by atoms with Crippen molar-refractivity contribution in [2.24, 2.45) is 0 Å². The summed E-state index contributed by atoms with van der Waals surface area (Å²) in [6, 6.07) is 3.91. The summed E-state index contributed by atoms with van der Waals surface area (Å²) in [5, 5.41) is 9.47. The fraction of sp³-hybridized carbons (Fsp3) is 0.500. The minimum absolute atomic E-state index is 0.0503. The van der Waals surface area contributed by atoms with Crippen molar-refractivity contribution in [2.45, 2.75) is 25.6 Å². The fourth-order valence-corrected chi connectivity index (χ4v) is 3.02. The van der Waals surface area contributed by atoms with Crippen LogP contribution in [-0.2, 0) is 10.9 Å². The van der Waals surface area contributed by atoms with Crippen molar-refractivity contribution < 1.29 is 27.1 Å². The molecule has 29 heavy (non-hydrogen) atoms. The van der Waals surface area contributed by atoms with Crippen molar-refractivity contribution >= 4 is 5.91 Å². The molecule has 0 aliphatic carbocycles. The van der Waals surface area contributed by atoms with Gasteiger partial charge < -0.3 is 10.1 Å². The predicted molar refractivity (Wildman–Crippen MR) is 95.1 cm³/mol. The molecule has 0 spiro atoms. The summed E-state index contributed by atoms with van der Waals surface area (Å²) in [6.07, 6.45) is -4.30. The quantitative estimate of drug-likeness (QED) is 0.733. The molecule has 11 heteroatoms. The molecule has 2 aromatic rings. The van der Waals surface area contributed by atoms with Gasteiger partial charge >= 0.3 is 6.18 Å². The fourth-order valence-electron chi connectivity index (χ4n) is 3.02. The highest BCUT2D eigenvalue weighted by Gasteiger charge is 2.42. The number of nitrogens with zero attached hydrogens (tertiary/aromatic N) is 4. The van der Waals surface area contributed by atoms with E-state index in [1.54, 1.807) is 6.92 Å². The van der Waals surface area contributed by atoms with Gasteiger partial charge in [-0.25, -0.2) is 9.07 Å². The molecule has 1 aromatic carbocycles. The first-order chi connectivity index (χ1) is 13.8. The van der Waals surface area contributed by atoms with Crippen LogP contribution >= 0.6 is 0 Å². The molecule has 3 rings (SSSR count). The van der Waals surface area contributed by atoms with Gasteiger partial charge in [-0.3, -0.25) is 9.69 Å². The Labute approximate surface area is 164 Å². The van der Waals surface area contributed by atoms with E-state index in [0.717, 1.165) is 37.4 Å². The average molecular weight is 415 g/mol. The lowest BCUT2D eigenvalue weighted by molar-refractivity contribution is -0.143. The van der Waals surface area contributed by atoms with Gasteiger partial charge in [0.1, 0.15) is 5.82 Å². The van der Waals surface area contributed by atoms with E-state index in [1.165, 1.54) is 0 Å². The second-order valence-electron chi connectivity index (χ2n) is 6.79. The molecule has 2 heterocycles. The molecular formula is C18H21F4N5O2. The zero-order valence-corrected chi connectivity index (χ0v) is 15.7. The van der Waals surface area contributed by atoms with E-state index in [0.29, 0.717) is 30.9 Å². The lowest BCUT2D eigenvalue weighted by atomic mass is 10.2. The number of hydrogen-bond acceptors (Lipinski definition) is 5. The molecule has 7 nitrogen and oxygen atoms in total. The van der Waals surface area contributed by atoms with E-state index in [9.17, 15) is 22.4 Å². The van der Waals surface area contributed by atoms with Crippen LogP contribution in [0.1, 0.15) is 29.5 Å². The Kier molecular flexibility index (Phi) is 6.48. The molecule has 1 amide bonds. The molecule has 0 saturated carbocycles. The van der Waals surface area contributed by atoms with Crippen LogP contribution in [-0.4, -0.2) is 64.7 Å². The highest BCUT2D eigenvalue weighted by Crippen LogP contribution is 2.32. The summed E-state index contributed by atoms with van der Waals surface area (Å²) < 4.78 is 59.7. The van der Waals surface area contributed by atoms with Crippen molar-refractivity contribution in [3.63, 3.8) is 0 Å². The molecule has 1 atom stereocenters. The van der Waals surface area contributed by atoms with Gasteiger partial charge in [-0.05, 0) is 37.6 Å². The number of rotatable bonds is 6. The smallest absolute Gasteiger partial charge is 0.379 e. The van der Waals surface area contributed by atoms with E-state index in [-0.39, 0.29) is 11.7 Å². The first-order valence-corrected chi connectivity index (χ1v) is 9.15. The Balaban J connectivity index is 1.73. The van der Waals surface area contributed by atoms with E-state index in [1.807, 2.05) is 0 Å². The van der Waals surface area contributed by atoms with Gasteiger partial charge in [-0.15, -0.1) is 5.10 Å². The van der Waals surface area contributed by atoms with E-state index >= 15 is 0 Å². The summed E-state index contributed by atoms with van der Waals surface area (Å²) in [5.74, 6) is -1.56. The maximum atomic E-state index is 13.6. The zero-order valence-electron chi connectivity index (χ0n) is 15.7. The van der Waals surface area contributed by atoms with Gasteiger partial charge in [-0.1, -0.05) is 5.21 Å². The highest BCUT2D eigenvalue weighted by molar-refractivity contribution is 5.93. The number of benzene rings is 1. The van der Waals surface area contributed by atoms with E-state index in [2.05, 4.69) is 20.5 Å². The zero-order chi connectivity index (χ0) is 21.0. The molecule has 1 fully saturated rings. The predicted octanol–water partition coefficient (Wildman–Crippen LogP) is 2.27. The SMILES string of the molecule is CC(CCN1CCOCC1)NC(=O)c1nnn(-c2ccc(F)cc2)c1C(F)(F)F. The largest absolute Gasteiger partial charge is 0.435 e. The molecule has 1 aromatic heterocycles. The van der Waals surface area contributed by atoms with Gasteiger partial charge in [0.2, 0.25) is 0 Å². The third kappa shape index (κ3) is 5.30. The van der Waals surface area contributed by atoms with E-state index in [4.69, 9.17) is 4.74 Å². The first-order valence-electron chi connectivity index (χ1n) is 9.15. The third-order valence-corrected chi connectivity index (χ3v) is 4.58. The number of amides is 1. The maximum absolute atomic E-state index is 13.6. The van der Waals surface area contributed by atoms with Crippen LogP contribution in [0.25, 0.3) is 5.69 Å². The van der Waals surface area contributed by atoms with Crippen LogP contribution in [0, 0.1) is 5.82 Å². The first kappa shape index (κ1) is 21.2.